The summed E-state index contributed by atoms with van der Waals surface area (Å²) in [7, 11) is 1.63. The predicted octanol–water partition coefficient (Wildman–Crippen LogP) is 6.15. The van der Waals surface area contributed by atoms with E-state index in [2.05, 4.69) is 10.2 Å². The molecular weight excluding hydrogens is 413 g/mol. The summed E-state index contributed by atoms with van der Waals surface area (Å²) in [5, 5.41) is 8.30. The van der Waals surface area contributed by atoms with Gasteiger partial charge < -0.3 is 4.74 Å². The van der Waals surface area contributed by atoms with Crippen molar-refractivity contribution in [2.75, 3.05) is 7.11 Å². The minimum absolute atomic E-state index is 0.552. The molecule has 0 saturated heterocycles. The van der Waals surface area contributed by atoms with E-state index in [1.54, 1.807) is 18.9 Å². The fourth-order valence-corrected chi connectivity index (χ4v) is 5.05. The summed E-state index contributed by atoms with van der Waals surface area (Å²) in [5.41, 5.74) is 1.34. The number of alkyl halides is 3. The van der Waals surface area contributed by atoms with E-state index in [9.17, 15) is 13.2 Å². The molecule has 0 aliphatic rings. The van der Waals surface area contributed by atoms with Gasteiger partial charge in [-0.25, -0.2) is 0 Å². The summed E-state index contributed by atoms with van der Waals surface area (Å²) in [6, 6.07) is 13.0. The molecule has 0 radical (unpaired) electrons. The van der Waals surface area contributed by atoms with Gasteiger partial charge in [0.25, 0.3) is 0 Å². The maximum Gasteiger partial charge on any atom is 0.416 e. The zero-order chi connectivity index (χ0) is 19.3. The van der Waals surface area contributed by atoms with Crippen molar-refractivity contribution in [3.8, 4) is 5.75 Å². The van der Waals surface area contributed by atoms with Crippen molar-refractivity contribution in [1.29, 1.82) is 0 Å². The molecule has 0 aliphatic carbocycles. The lowest BCUT2D eigenvalue weighted by Gasteiger charge is -2.06. The lowest BCUT2D eigenvalue weighted by molar-refractivity contribution is -0.137. The first-order chi connectivity index (χ1) is 12.9. The minimum atomic E-state index is -4.30. The van der Waals surface area contributed by atoms with Gasteiger partial charge in [-0.15, -0.1) is 10.2 Å². The van der Waals surface area contributed by atoms with Gasteiger partial charge in [-0.1, -0.05) is 59.1 Å². The fourth-order valence-electron chi connectivity index (χ4n) is 2.12. The Balaban J connectivity index is 1.50. The Kier molecular flexibility index (Phi) is 6.67. The van der Waals surface area contributed by atoms with E-state index in [1.807, 2.05) is 24.3 Å². The van der Waals surface area contributed by atoms with E-state index >= 15 is 0 Å². The number of thioether (sulfide) groups is 2. The second-order valence-electron chi connectivity index (χ2n) is 5.45. The number of rotatable bonds is 7. The van der Waals surface area contributed by atoms with Crippen LogP contribution in [0.25, 0.3) is 0 Å². The average Bonchev–Trinajstić information content (AvgIpc) is 3.13. The third-order valence-electron chi connectivity index (χ3n) is 3.55. The highest BCUT2D eigenvalue weighted by Gasteiger charge is 2.29. The molecule has 1 heterocycles. The Labute approximate surface area is 167 Å². The number of hydrogen-bond donors (Lipinski definition) is 0. The lowest BCUT2D eigenvalue weighted by Crippen LogP contribution is -2.04. The molecule has 1 aromatic heterocycles. The van der Waals surface area contributed by atoms with Crippen molar-refractivity contribution < 1.29 is 17.9 Å². The van der Waals surface area contributed by atoms with Crippen LogP contribution in [0.3, 0.4) is 0 Å². The summed E-state index contributed by atoms with van der Waals surface area (Å²) in [6.45, 7) is 0. The summed E-state index contributed by atoms with van der Waals surface area (Å²) >= 11 is 4.55. The molecule has 0 amide bonds. The van der Waals surface area contributed by atoms with Crippen LogP contribution in [0.15, 0.2) is 57.2 Å². The largest absolute Gasteiger partial charge is 0.497 e. The van der Waals surface area contributed by atoms with Crippen LogP contribution in [0.2, 0.25) is 0 Å². The lowest BCUT2D eigenvalue weighted by atomic mass is 10.1. The van der Waals surface area contributed by atoms with Crippen molar-refractivity contribution in [1.82, 2.24) is 10.2 Å². The molecule has 0 bridgehead atoms. The third kappa shape index (κ3) is 5.88. The van der Waals surface area contributed by atoms with E-state index in [1.165, 1.54) is 35.2 Å². The molecule has 0 saturated carbocycles. The first-order valence-electron chi connectivity index (χ1n) is 7.82. The number of nitrogens with zero attached hydrogens (tertiary/aromatic N) is 2. The van der Waals surface area contributed by atoms with E-state index in [4.69, 9.17) is 4.74 Å². The molecule has 3 aromatic rings. The van der Waals surface area contributed by atoms with Gasteiger partial charge in [-0.3, -0.25) is 0 Å². The highest BCUT2D eigenvalue weighted by atomic mass is 32.2. The zero-order valence-corrected chi connectivity index (χ0v) is 16.6. The number of benzene rings is 2. The molecule has 3 nitrogen and oxygen atoms in total. The van der Waals surface area contributed by atoms with E-state index < -0.39 is 11.7 Å². The quantitative estimate of drug-likeness (QED) is 0.422. The van der Waals surface area contributed by atoms with Crippen LogP contribution in [-0.4, -0.2) is 17.3 Å². The fraction of sp³-hybridized carbons (Fsp3) is 0.222. The van der Waals surface area contributed by atoms with Gasteiger partial charge in [0, 0.05) is 11.5 Å². The van der Waals surface area contributed by atoms with Crippen LogP contribution in [0, 0.1) is 0 Å². The Hall–Kier alpha value is -1.71. The molecule has 0 atom stereocenters. The zero-order valence-electron chi connectivity index (χ0n) is 14.2. The summed E-state index contributed by atoms with van der Waals surface area (Å²) in [5.74, 6) is 2.15. The van der Waals surface area contributed by atoms with Gasteiger partial charge in [-0.2, -0.15) is 13.2 Å². The molecule has 3 rings (SSSR count). The Morgan fingerprint density at radius 3 is 1.78 bits per heavy atom. The second kappa shape index (κ2) is 8.99. The minimum Gasteiger partial charge on any atom is -0.497 e. The normalized spacial score (nSPS) is 11.6. The molecule has 0 aliphatic heterocycles. The van der Waals surface area contributed by atoms with Gasteiger partial charge in [0.05, 0.1) is 12.7 Å². The molecule has 2 aromatic carbocycles. The molecule has 9 heteroatoms. The van der Waals surface area contributed by atoms with Crippen LogP contribution in [0.1, 0.15) is 16.7 Å². The van der Waals surface area contributed by atoms with E-state index in [0.717, 1.165) is 43.4 Å². The van der Waals surface area contributed by atoms with Crippen molar-refractivity contribution in [3.63, 3.8) is 0 Å². The predicted molar refractivity (Wildman–Crippen MR) is 103 cm³/mol. The average molecular weight is 429 g/mol. The maximum atomic E-state index is 12.6. The standard InChI is InChI=1S/C18H15F3N2OS3/c1-24-15-8-4-13(5-9-15)11-26-17-23-22-16(27-17)25-10-12-2-6-14(7-3-12)18(19,20)21/h2-9H,10-11H2,1H3. The van der Waals surface area contributed by atoms with Crippen LogP contribution in [0.4, 0.5) is 13.2 Å². The third-order valence-corrected chi connectivity index (χ3v) is 6.89. The number of hydrogen-bond acceptors (Lipinski definition) is 6. The molecule has 0 spiro atoms. The van der Waals surface area contributed by atoms with Gasteiger partial charge in [-0.05, 0) is 35.4 Å². The molecule has 0 fully saturated rings. The Bertz CT molecular complexity index is 865. The van der Waals surface area contributed by atoms with Crippen LogP contribution in [-0.2, 0) is 17.7 Å². The number of halogens is 3. The number of ether oxygens (including phenoxy) is 1. The Morgan fingerprint density at radius 1 is 0.852 bits per heavy atom. The van der Waals surface area contributed by atoms with Gasteiger partial charge >= 0.3 is 6.18 Å². The first-order valence-corrected chi connectivity index (χ1v) is 10.6. The second-order valence-corrected chi connectivity index (χ2v) is 8.88. The highest BCUT2D eigenvalue weighted by molar-refractivity contribution is 8.02. The van der Waals surface area contributed by atoms with Gasteiger partial charge in [0.2, 0.25) is 0 Å². The smallest absolute Gasteiger partial charge is 0.416 e. The van der Waals surface area contributed by atoms with E-state index in [0.29, 0.717) is 5.75 Å². The topological polar surface area (TPSA) is 35.0 Å². The number of methoxy groups -OCH3 is 1. The van der Waals surface area contributed by atoms with Crippen molar-refractivity contribution in [3.05, 3.63) is 65.2 Å². The van der Waals surface area contributed by atoms with Gasteiger partial charge in [0.15, 0.2) is 8.68 Å². The maximum absolute atomic E-state index is 12.6. The van der Waals surface area contributed by atoms with Crippen molar-refractivity contribution in [2.24, 2.45) is 0 Å². The molecule has 0 N–H and O–H groups in total. The Morgan fingerprint density at radius 2 is 1.33 bits per heavy atom. The molecular formula is C18H15F3N2OS3. The highest BCUT2D eigenvalue weighted by Crippen LogP contribution is 2.33. The monoisotopic (exact) mass is 428 g/mol. The number of aromatic nitrogens is 2. The first kappa shape index (κ1) is 20.0. The van der Waals surface area contributed by atoms with Crippen LogP contribution in [0.5, 0.6) is 5.75 Å². The van der Waals surface area contributed by atoms with Crippen molar-refractivity contribution >= 4 is 34.9 Å². The summed E-state index contributed by atoms with van der Waals surface area (Å²) in [4.78, 5) is 0. The van der Waals surface area contributed by atoms with Gasteiger partial charge in [0.1, 0.15) is 5.75 Å². The SMILES string of the molecule is COc1ccc(CSc2nnc(SCc3ccc(C(F)(F)F)cc3)s2)cc1. The summed E-state index contributed by atoms with van der Waals surface area (Å²) < 4.78 is 44.5. The molecule has 0 unspecified atom stereocenters. The van der Waals surface area contributed by atoms with Crippen LogP contribution >= 0.6 is 34.9 Å². The summed E-state index contributed by atoms with van der Waals surface area (Å²) in [6.07, 6.45) is -4.30. The van der Waals surface area contributed by atoms with E-state index in [-0.39, 0.29) is 0 Å². The van der Waals surface area contributed by atoms with Crippen molar-refractivity contribution in [2.45, 2.75) is 26.4 Å². The molecule has 27 heavy (non-hydrogen) atoms. The molecule has 142 valence electrons. The van der Waals surface area contributed by atoms with Crippen LogP contribution < -0.4 is 4.74 Å².